The fourth-order valence-corrected chi connectivity index (χ4v) is 3.11. The van der Waals surface area contributed by atoms with Crippen molar-refractivity contribution in [3.05, 3.63) is 30.0 Å². The summed E-state index contributed by atoms with van der Waals surface area (Å²) in [4.78, 5) is 3.36. The average Bonchev–Trinajstić information content (AvgIpc) is 2.96. The van der Waals surface area contributed by atoms with Gasteiger partial charge in [0.25, 0.3) is 0 Å². The summed E-state index contributed by atoms with van der Waals surface area (Å²) in [5.41, 5.74) is 8.68. The molecular formula is C15H20N2O. The summed E-state index contributed by atoms with van der Waals surface area (Å²) < 4.78 is 5.66. The maximum atomic E-state index is 6.21. The number of ether oxygens (including phenoxy) is 1. The molecule has 1 heterocycles. The monoisotopic (exact) mass is 244 g/mol. The average molecular weight is 244 g/mol. The number of nitrogens with two attached hydrogens (primary N) is 1. The molecule has 1 fully saturated rings. The van der Waals surface area contributed by atoms with Crippen LogP contribution in [0.2, 0.25) is 0 Å². The van der Waals surface area contributed by atoms with Crippen LogP contribution in [-0.2, 0) is 0 Å². The van der Waals surface area contributed by atoms with Crippen LogP contribution in [0, 0.1) is 0 Å². The van der Waals surface area contributed by atoms with E-state index in [4.69, 9.17) is 10.5 Å². The summed E-state index contributed by atoms with van der Waals surface area (Å²) in [6.07, 6.45) is 5.70. The van der Waals surface area contributed by atoms with Gasteiger partial charge in [-0.25, -0.2) is 0 Å². The maximum absolute atomic E-state index is 6.21. The molecule has 3 nitrogen and oxygen atoms in total. The van der Waals surface area contributed by atoms with Crippen molar-refractivity contribution < 1.29 is 4.74 Å². The summed E-state index contributed by atoms with van der Waals surface area (Å²) in [7, 11) is 0. The zero-order chi connectivity index (χ0) is 12.5. The molecular weight excluding hydrogens is 224 g/mol. The Labute approximate surface area is 107 Å². The molecule has 18 heavy (non-hydrogen) atoms. The molecule has 0 bridgehead atoms. The molecule has 1 aliphatic carbocycles. The molecule has 2 aromatic rings. The molecule has 3 rings (SSSR count). The van der Waals surface area contributed by atoms with Crippen molar-refractivity contribution in [3.63, 3.8) is 0 Å². The van der Waals surface area contributed by atoms with Gasteiger partial charge in [-0.05, 0) is 31.4 Å². The summed E-state index contributed by atoms with van der Waals surface area (Å²) in [5, 5.41) is 1.27. The van der Waals surface area contributed by atoms with Crippen LogP contribution in [0.3, 0.4) is 0 Å². The number of hydrogen-bond donors (Lipinski definition) is 2. The van der Waals surface area contributed by atoms with Crippen molar-refractivity contribution in [1.29, 1.82) is 0 Å². The summed E-state index contributed by atoms with van der Waals surface area (Å²) >= 11 is 0. The van der Waals surface area contributed by atoms with E-state index in [-0.39, 0.29) is 0 Å². The van der Waals surface area contributed by atoms with Crippen molar-refractivity contribution in [1.82, 2.24) is 4.98 Å². The number of fused-ring (bicyclic) bond motifs is 1. The third-order valence-electron chi connectivity index (χ3n) is 3.98. The molecule has 0 amide bonds. The van der Waals surface area contributed by atoms with E-state index in [0.29, 0.717) is 18.6 Å². The van der Waals surface area contributed by atoms with E-state index < -0.39 is 0 Å². The van der Waals surface area contributed by atoms with Gasteiger partial charge in [-0.1, -0.05) is 18.6 Å². The molecule has 3 heteroatoms. The van der Waals surface area contributed by atoms with Crippen LogP contribution in [-0.4, -0.2) is 17.6 Å². The number of aromatic amines is 1. The number of nitrogens with one attached hydrogen (secondary N) is 1. The number of H-pyrrole nitrogens is 1. The van der Waals surface area contributed by atoms with Crippen LogP contribution in [0.5, 0.6) is 5.75 Å². The third-order valence-corrected chi connectivity index (χ3v) is 3.98. The van der Waals surface area contributed by atoms with E-state index in [1.807, 2.05) is 13.0 Å². The molecule has 0 aliphatic heterocycles. The quantitative estimate of drug-likeness (QED) is 0.871. The Morgan fingerprint density at radius 3 is 3.00 bits per heavy atom. The molecule has 3 N–H and O–H groups in total. The molecule has 0 saturated heterocycles. The largest absolute Gasteiger partial charge is 0.492 e. The fourth-order valence-electron chi connectivity index (χ4n) is 3.11. The van der Waals surface area contributed by atoms with E-state index in [1.54, 1.807) is 0 Å². The Morgan fingerprint density at radius 1 is 1.39 bits per heavy atom. The zero-order valence-corrected chi connectivity index (χ0v) is 10.8. The van der Waals surface area contributed by atoms with Crippen LogP contribution in [0.15, 0.2) is 24.4 Å². The highest BCUT2D eigenvalue weighted by Gasteiger charge is 2.27. The summed E-state index contributed by atoms with van der Waals surface area (Å²) in [6, 6.07) is 6.54. The van der Waals surface area contributed by atoms with E-state index >= 15 is 0 Å². The topological polar surface area (TPSA) is 51.0 Å². The second-order valence-corrected chi connectivity index (χ2v) is 5.06. The van der Waals surface area contributed by atoms with Crippen molar-refractivity contribution in [2.24, 2.45) is 5.73 Å². The van der Waals surface area contributed by atoms with Crippen molar-refractivity contribution in [2.45, 2.75) is 38.1 Å². The number of hydrogen-bond acceptors (Lipinski definition) is 2. The van der Waals surface area contributed by atoms with Crippen LogP contribution < -0.4 is 10.5 Å². The van der Waals surface area contributed by atoms with Gasteiger partial charge in [0.2, 0.25) is 0 Å². The Hall–Kier alpha value is -1.48. The van der Waals surface area contributed by atoms with Gasteiger partial charge in [-0.15, -0.1) is 0 Å². The minimum atomic E-state index is 0.305. The Balaban J connectivity index is 2.06. The lowest BCUT2D eigenvalue weighted by molar-refractivity contribution is 0.344. The van der Waals surface area contributed by atoms with Gasteiger partial charge in [0.1, 0.15) is 5.75 Å². The number of benzene rings is 1. The molecule has 2 unspecified atom stereocenters. The molecule has 1 aromatic carbocycles. The first-order valence-electron chi connectivity index (χ1n) is 6.79. The Morgan fingerprint density at radius 2 is 2.28 bits per heavy atom. The van der Waals surface area contributed by atoms with Crippen LogP contribution in [0.25, 0.3) is 10.9 Å². The fraction of sp³-hybridized carbons (Fsp3) is 0.467. The maximum Gasteiger partial charge on any atom is 0.143 e. The predicted octanol–water partition coefficient (Wildman–Crippen LogP) is 3.16. The molecule has 96 valence electrons. The molecule has 0 radical (unpaired) electrons. The van der Waals surface area contributed by atoms with E-state index in [1.165, 1.54) is 23.8 Å². The minimum Gasteiger partial charge on any atom is -0.492 e. The first-order valence-corrected chi connectivity index (χ1v) is 6.79. The van der Waals surface area contributed by atoms with Crippen molar-refractivity contribution in [2.75, 3.05) is 6.61 Å². The highest BCUT2D eigenvalue weighted by atomic mass is 16.5. The van der Waals surface area contributed by atoms with Gasteiger partial charge in [0.15, 0.2) is 0 Å². The van der Waals surface area contributed by atoms with E-state index in [2.05, 4.69) is 23.3 Å². The zero-order valence-electron chi connectivity index (χ0n) is 10.8. The minimum absolute atomic E-state index is 0.305. The van der Waals surface area contributed by atoms with Crippen molar-refractivity contribution in [3.8, 4) is 5.75 Å². The molecule has 0 spiro atoms. The molecule has 2 atom stereocenters. The molecule has 1 aliphatic rings. The lowest BCUT2D eigenvalue weighted by Crippen LogP contribution is -2.22. The molecule has 1 saturated carbocycles. The Bertz CT molecular complexity index is 546. The lowest BCUT2D eigenvalue weighted by Gasteiger charge is -2.14. The normalized spacial score (nSPS) is 23.7. The number of aromatic nitrogens is 1. The van der Waals surface area contributed by atoms with Gasteiger partial charge in [-0.3, -0.25) is 0 Å². The lowest BCUT2D eigenvalue weighted by atomic mass is 9.94. The predicted molar refractivity (Wildman–Crippen MR) is 74.0 cm³/mol. The van der Waals surface area contributed by atoms with Gasteiger partial charge in [-0.2, -0.15) is 0 Å². The van der Waals surface area contributed by atoms with Crippen molar-refractivity contribution >= 4 is 10.9 Å². The Kier molecular flexibility index (Phi) is 3.00. The highest BCUT2D eigenvalue weighted by Crippen LogP contribution is 2.38. The van der Waals surface area contributed by atoms with Crippen LogP contribution in [0.4, 0.5) is 0 Å². The van der Waals surface area contributed by atoms with Gasteiger partial charge in [0.05, 0.1) is 12.1 Å². The third kappa shape index (κ3) is 1.79. The number of para-hydroxylation sites is 1. The van der Waals surface area contributed by atoms with Gasteiger partial charge >= 0.3 is 0 Å². The van der Waals surface area contributed by atoms with Gasteiger partial charge in [0, 0.05) is 23.5 Å². The second-order valence-electron chi connectivity index (χ2n) is 5.06. The van der Waals surface area contributed by atoms with Crippen LogP contribution >= 0.6 is 0 Å². The smallest absolute Gasteiger partial charge is 0.143 e. The number of rotatable bonds is 3. The first kappa shape index (κ1) is 11.6. The van der Waals surface area contributed by atoms with Gasteiger partial charge < -0.3 is 15.5 Å². The molecule has 1 aromatic heterocycles. The summed E-state index contributed by atoms with van der Waals surface area (Å²) in [5.74, 6) is 1.43. The second kappa shape index (κ2) is 4.65. The first-order chi connectivity index (χ1) is 8.81. The SMILES string of the molecule is CCOc1cccc2c(C3CCCC3N)c[nH]c12. The highest BCUT2D eigenvalue weighted by molar-refractivity contribution is 5.88. The summed E-state index contributed by atoms with van der Waals surface area (Å²) in [6.45, 7) is 2.70. The van der Waals surface area contributed by atoms with Crippen LogP contribution in [0.1, 0.15) is 37.7 Å². The standard InChI is InChI=1S/C15H20N2O/c1-2-18-14-8-4-6-11-12(9-17-15(11)14)10-5-3-7-13(10)16/h4,6,8-10,13,17H,2-3,5,7,16H2,1H3. The van der Waals surface area contributed by atoms with E-state index in [0.717, 1.165) is 17.7 Å². The van der Waals surface area contributed by atoms with E-state index in [9.17, 15) is 0 Å².